The maximum Gasteiger partial charge on any atom is 0.326 e. The van der Waals surface area contributed by atoms with Gasteiger partial charge < -0.3 is 10.6 Å². The zero-order chi connectivity index (χ0) is 20.6. The number of hydrogen-bond acceptors (Lipinski definition) is 4. The lowest BCUT2D eigenvalue weighted by Gasteiger charge is -2.14. The molecule has 0 aliphatic heterocycles. The van der Waals surface area contributed by atoms with Gasteiger partial charge in [0.15, 0.2) is 0 Å². The van der Waals surface area contributed by atoms with Crippen LogP contribution in [0, 0.1) is 11.3 Å². The zero-order valence-corrected chi connectivity index (χ0v) is 16.0. The molecule has 3 amide bonds. The van der Waals surface area contributed by atoms with Crippen molar-refractivity contribution in [2.24, 2.45) is 0 Å². The Kier molecular flexibility index (Phi) is 6.46. The van der Waals surface area contributed by atoms with Crippen molar-refractivity contribution >= 4 is 34.9 Å². The van der Waals surface area contributed by atoms with E-state index in [-0.39, 0.29) is 10.6 Å². The van der Waals surface area contributed by atoms with Gasteiger partial charge in [-0.3, -0.25) is 10.1 Å². The molecule has 3 rings (SSSR count). The summed E-state index contributed by atoms with van der Waals surface area (Å²) in [5.74, 6) is -0.592. The number of benzene rings is 3. The molecule has 0 heterocycles. The van der Waals surface area contributed by atoms with Crippen molar-refractivity contribution in [3.05, 3.63) is 95.0 Å². The number of hydrogen-bond donors (Lipinski definition) is 3. The van der Waals surface area contributed by atoms with Crippen LogP contribution in [0.1, 0.15) is 22.0 Å². The predicted molar refractivity (Wildman–Crippen MR) is 113 cm³/mol. The van der Waals surface area contributed by atoms with Crippen LogP contribution in [0.3, 0.4) is 0 Å². The second-order valence-electron chi connectivity index (χ2n) is 6.08. The standard InChI is InChI=1S/C22H17ClN4O2/c23-19-9-5-4-8-18(19)21(28)27-22(29)26-17-12-10-16(11-13-17)25-20(14-24)15-6-2-1-3-7-15/h1-13,20,25H,(H2,26,27,28,29). The van der Waals surface area contributed by atoms with Gasteiger partial charge in [0, 0.05) is 11.4 Å². The van der Waals surface area contributed by atoms with Crippen molar-refractivity contribution in [1.29, 1.82) is 5.26 Å². The highest BCUT2D eigenvalue weighted by Gasteiger charge is 2.13. The summed E-state index contributed by atoms with van der Waals surface area (Å²) in [5, 5.41) is 17.6. The molecule has 0 aromatic heterocycles. The number of nitrogens with zero attached hydrogens (tertiary/aromatic N) is 1. The van der Waals surface area contributed by atoms with Crippen LogP contribution in [0.4, 0.5) is 16.2 Å². The first-order valence-corrected chi connectivity index (χ1v) is 9.12. The minimum Gasteiger partial charge on any atom is -0.366 e. The van der Waals surface area contributed by atoms with Gasteiger partial charge in [-0.1, -0.05) is 54.1 Å². The molecule has 0 bridgehead atoms. The number of carbonyl (C=O) groups is 2. The summed E-state index contributed by atoms with van der Waals surface area (Å²) in [5.41, 5.74) is 2.29. The van der Waals surface area contributed by atoms with Gasteiger partial charge in [-0.15, -0.1) is 0 Å². The molecular weight excluding hydrogens is 388 g/mol. The van der Waals surface area contributed by atoms with E-state index in [1.807, 2.05) is 30.3 Å². The molecule has 29 heavy (non-hydrogen) atoms. The molecule has 0 saturated carbocycles. The normalized spacial score (nSPS) is 11.0. The lowest BCUT2D eigenvalue weighted by atomic mass is 10.1. The Morgan fingerprint density at radius 1 is 0.862 bits per heavy atom. The van der Waals surface area contributed by atoms with Gasteiger partial charge in [0.05, 0.1) is 16.7 Å². The number of halogens is 1. The molecule has 3 aromatic carbocycles. The van der Waals surface area contributed by atoms with E-state index in [0.717, 1.165) is 11.3 Å². The van der Waals surface area contributed by atoms with Crippen molar-refractivity contribution in [2.45, 2.75) is 6.04 Å². The van der Waals surface area contributed by atoms with E-state index < -0.39 is 18.0 Å². The summed E-state index contributed by atoms with van der Waals surface area (Å²) in [6.45, 7) is 0. The van der Waals surface area contributed by atoms with Gasteiger partial charge in [0.25, 0.3) is 5.91 Å². The quantitative estimate of drug-likeness (QED) is 0.559. The third-order valence-electron chi connectivity index (χ3n) is 4.06. The minimum atomic E-state index is -0.671. The lowest BCUT2D eigenvalue weighted by molar-refractivity contribution is 0.0967. The van der Waals surface area contributed by atoms with Gasteiger partial charge in [0.2, 0.25) is 0 Å². The van der Waals surface area contributed by atoms with E-state index in [9.17, 15) is 14.9 Å². The number of nitriles is 1. The molecule has 0 saturated heterocycles. The molecule has 0 radical (unpaired) electrons. The second-order valence-corrected chi connectivity index (χ2v) is 6.49. The van der Waals surface area contributed by atoms with Gasteiger partial charge >= 0.3 is 6.03 Å². The molecule has 1 atom stereocenters. The molecule has 3 aromatic rings. The highest BCUT2D eigenvalue weighted by Crippen LogP contribution is 2.21. The number of rotatable bonds is 5. The van der Waals surface area contributed by atoms with Gasteiger partial charge in [-0.05, 0) is 42.0 Å². The van der Waals surface area contributed by atoms with E-state index in [1.54, 1.807) is 42.5 Å². The lowest BCUT2D eigenvalue weighted by Crippen LogP contribution is -2.34. The summed E-state index contributed by atoms with van der Waals surface area (Å²) in [6.07, 6.45) is 0. The Morgan fingerprint density at radius 2 is 1.48 bits per heavy atom. The largest absolute Gasteiger partial charge is 0.366 e. The molecule has 0 fully saturated rings. The smallest absolute Gasteiger partial charge is 0.326 e. The Labute approximate surface area is 173 Å². The summed E-state index contributed by atoms with van der Waals surface area (Å²) in [7, 11) is 0. The van der Waals surface area contributed by atoms with E-state index in [4.69, 9.17) is 11.6 Å². The van der Waals surface area contributed by atoms with Crippen LogP contribution in [0.15, 0.2) is 78.9 Å². The topological polar surface area (TPSA) is 94.0 Å². The fraction of sp³-hybridized carbons (Fsp3) is 0.0455. The third-order valence-corrected chi connectivity index (χ3v) is 4.39. The van der Waals surface area contributed by atoms with Gasteiger partial charge in [0.1, 0.15) is 6.04 Å². The van der Waals surface area contributed by atoms with E-state index in [1.165, 1.54) is 6.07 Å². The summed E-state index contributed by atoms with van der Waals surface area (Å²) < 4.78 is 0. The number of urea groups is 1. The Bertz CT molecular complexity index is 1050. The molecular formula is C22H17ClN4O2. The Morgan fingerprint density at radius 3 is 2.14 bits per heavy atom. The average molecular weight is 405 g/mol. The molecule has 1 unspecified atom stereocenters. The molecule has 7 heteroatoms. The average Bonchev–Trinajstić information content (AvgIpc) is 2.74. The van der Waals surface area contributed by atoms with E-state index in [2.05, 4.69) is 22.0 Å². The summed E-state index contributed by atoms with van der Waals surface area (Å²) in [4.78, 5) is 24.2. The van der Waals surface area contributed by atoms with Crippen molar-refractivity contribution in [3.8, 4) is 6.07 Å². The molecule has 144 valence electrons. The predicted octanol–water partition coefficient (Wildman–Crippen LogP) is 4.98. The molecule has 3 N–H and O–H groups in total. The van der Waals surface area contributed by atoms with Crippen LogP contribution in [-0.2, 0) is 0 Å². The fourth-order valence-corrected chi connectivity index (χ4v) is 2.85. The number of anilines is 2. The monoisotopic (exact) mass is 404 g/mol. The third kappa shape index (κ3) is 5.34. The van der Waals surface area contributed by atoms with Crippen molar-refractivity contribution in [2.75, 3.05) is 10.6 Å². The SMILES string of the molecule is N#CC(Nc1ccc(NC(=O)NC(=O)c2ccccc2Cl)cc1)c1ccccc1. The number of carbonyl (C=O) groups excluding carboxylic acids is 2. The van der Waals surface area contributed by atoms with Crippen molar-refractivity contribution in [3.63, 3.8) is 0 Å². The molecule has 0 aliphatic carbocycles. The van der Waals surface area contributed by atoms with Crippen molar-refractivity contribution < 1.29 is 9.59 Å². The Hall–Kier alpha value is -3.82. The first-order valence-electron chi connectivity index (χ1n) is 8.75. The van der Waals surface area contributed by atoms with Crippen LogP contribution in [0.25, 0.3) is 0 Å². The first-order chi connectivity index (χ1) is 14.1. The van der Waals surface area contributed by atoms with Crippen LogP contribution < -0.4 is 16.0 Å². The van der Waals surface area contributed by atoms with Crippen LogP contribution >= 0.6 is 11.6 Å². The minimum absolute atomic E-state index is 0.215. The first kappa shape index (κ1) is 19.9. The van der Waals surface area contributed by atoms with Crippen LogP contribution in [0.5, 0.6) is 0 Å². The molecule has 6 nitrogen and oxygen atoms in total. The number of nitrogens with one attached hydrogen (secondary N) is 3. The maximum atomic E-state index is 12.1. The van der Waals surface area contributed by atoms with Gasteiger partial charge in [-0.25, -0.2) is 4.79 Å². The highest BCUT2D eigenvalue weighted by atomic mass is 35.5. The van der Waals surface area contributed by atoms with Crippen LogP contribution in [0.2, 0.25) is 5.02 Å². The van der Waals surface area contributed by atoms with E-state index in [0.29, 0.717) is 5.69 Å². The number of imide groups is 1. The van der Waals surface area contributed by atoms with Gasteiger partial charge in [-0.2, -0.15) is 5.26 Å². The number of amides is 3. The van der Waals surface area contributed by atoms with Crippen molar-refractivity contribution in [1.82, 2.24) is 5.32 Å². The van der Waals surface area contributed by atoms with Crippen LogP contribution in [-0.4, -0.2) is 11.9 Å². The molecule has 0 spiro atoms. The second kappa shape index (κ2) is 9.40. The fourth-order valence-electron chi connectivity index (χ4n) is 2.63. The summed E-state index contributed by atoms with van der Waals surface area (Å²) >= 11 is 5.96. The maximum absolute atomic E-state index is 12.1. The van der Waals surface area contributed by atoms with E-state index >= 15 is 0 Å². The highest BCUT2D eigenvalue weighted by molar-refractivity contribution is 6.34. The zero-order valence-electron chi connectivity index (χ0n) is 15.2. The molecule has 0 aliphatic rings. The summed E-state index contributed by atoms with van der Waals surface area (Å²) in [6, 6.07) is 23.7. The Balaban J connectivity index is 1.59.